The summed E-state index contributed by atoms with van der Waals surface area (Å²) in [5.74, 6) is 0. The number of fused-ring (bicyclic) bond motifs is 1. The van der Waals surface area contributed by atoms with Gasteiger partial charge in [-0.3, -0.25) is 0 Å². The molecule has 0 fully saturated rings. The van der Waals surface area contributed by atoms with Gasteiger partial charge in [0, 0.05) is 12.0 Å². The fourth-order valence-electron chi connectivity index (χ4n) is 3.81. The number of hydrogen-bond acceptors (Lipinski definition) is 2. The predicted molar refractivity (Wildman–Crippen MR) is 86.4 cm³/mol. The van der Waals surface area contributed by atoms with Gasteiger partial charge in [-0.2, -0.15) is 0 Å². The number of benzene rings is 2. The van der Waals surface area contributed by atoms with Gasteiger partial charge in [0.25, 0.3) is 0 Å². The van der Waals surface area contributed by atoms with Gasteiger partial charge >= 0.3 is 0 Å². The Kier molecular flexibility index (Phi) is 3.60. The van der Waals surface area contributed by atoms with E-state index in [1.54, 1.807) is 0 Å². The van der Waals surface area contributed by atoms with E-state index in [0.29, 0.717) is 6.54 Å². The van der Waals surface area contributed by atoms with Crippen LogP contribution in [0.1, 0.15) is 40.3 Å². The second-order valence-electron chi connectivity index (χ2n) is 6.34. The first-order valence-corrected chi connectivity index (χ1v) is 7.61. The zero-order chi connectivity index (χ0) is 15.0. The topological polar surface area (TPSA) is 46.2 Å². The highest BCUT2D eigenvalue weighted by Crippen LogP contribution is 2.46. The van der Waals surface area contributed by atoms with E-state index >= 15 is 0 Å². The summed E-state index contributed by atoms with van der Waals surface area (Å²) in [6, 6.07) is 14.7. The van der Waals surface area contributed by atoms with Gasteiger partial charge in [0.15, 0.2) is 0 Å². The molecular formula is C19H23NO. The lowest BCUT2D eigenvalue weighted by Crippen LogP contribution is -2.39. The highest BCUT2D eigenvalue weighted by atomic mass is 16.3. The van der Waals surface area contributed by atoms with Crippen molar-refractivity contribution in [2.75, 3.05) is 6.54 Å². The molecule has 0 heterocycles. The molecule has 110 valence electrons. The van der Waals surface area contributed by atoms with Crippen LogP contribution in [0.25, 0.3) is 0 Å². The lowest BCUT2D eigenvalue weighted by Gasteiger charge is -2.35. The third-order valence-electron chi connectivity index (χ3n) is 4.84. The second kappa shape index (κ2) is 5.28. The van der Waals surface area contributed by atoms with Crippen molar-refractivity contribution in [1.82, 2.24) is 0 Å². The van der Waals surface area contributed by atoms with Crippen molar-refractivity contribution in [3.63, 3.8) is 0 Å². The van der Waals surface area contributed by atoms with Crippen molar-refractivity contribution in [3.05, 3.63) is 70.3 Å². The monoisotopic (exact) mass is 281 g/mol. The Morgan fingerprint density at radius 1 is 1.14 bits per heavy atom. The molecule has 1 aliphatic rings. The average Bonchev–Trinajstić information content (AvgIpc) is 2.85. The number of aliphatic hydroxyl groups is 1. The minimum absolute atomic E-state index is 0.350. The molecule has 2 nitrogen and oxygen atoms in total. The highest BCUT2D eigenvalue weighted by Gasteiger charge is 2.44. The van der Waals surface area contributed by atoms with Gasteiger partial charge in [-0.05, 0) is 43.4 Å². The summed E-state index contributed by atoms with van der Waals surface area (Å²) in [6.07, 6.45) is 1.36. The predicted octanol–water partition coefficient (Wildman–Crippen LogP) is 3.18. The Labute approximate surface area is 126 Å². The van der Waals surface area contributed by atoms with Crippen LogP contribution in [-0.4, -0.2) is 11.7 Å². The third-order valence-corrected chi connectivity index (χ3v) is 4.84. The van der Waals surface area contributed by atoms with Crippen molar-refractivity contribution in [2.45, 2.75) is 38.2 Å². The van der Waals surface area contributed by atoms with Gasteiger partial charge < -0.3 is 10.8 Å². The first kappa shape index (κ1) is 14.3. The number of nitrogens with two attached hydrogens (primary N) is 1. The first-order chi connectivity index (χ1) is 10.1. The van der Waals surface area contributed by atoms with Crippen LogP contribution in [0.3, 0.4) is 0 Å². The Hall–Kier alpha value is -1.64. The van der Waals surface area contributed by atoms with E-state index in [4.69, 9.17) is 5.73 Å². The fourth-order valence-corrected chi connectivity index (χ4v) is 3.81. The Bertz CT molecular complexity index is 644. The molecule has 0 spiro atoms. The first-order valence-electron chi connectivity index (χ1n) is 7.61. The normalized spacial score (nSPS) is 22.1. The van der Waals surface area contributed by atoms with Crippen LogP contribution < -0.4 is 5.73 Å². The molecule has 0 radical (unpaired) electrons. The maximum absolute atomic E-state index is 11.1. The fraction of sp³-hybridized carbons (Fsp3) is 0.368. The highest BCUT2D eigenvalue weighted by molar-refractivity contribution is 5.44. The summed E-state index contributed by atoms with van der Waals surface area (Å²) in [5, 5.41) is 11.1. The van der Waals surface area contributed by atoms with E-state index in [1.165, 1.54) is 22.3 Å². The maximum atomic E-state index is 11.1. The molecule has 0 aromatic heterocycles. The van der Waals surface area contributed by atoms with Crippen LogP contribution in [0.5, 0.6) is 0 Å². The van der Waals surface area contributed by atoms with Crippen molar-refractivity contribution < 1.29 is 5.11 Å². The summed E-state index contributed by atoms with van der Waals surface area (Å²) in [7, 11) is 0. The van der Waals surface area contributed by atoms with E-state index in [9.17, 15) is 5.11 Å². The molecule has 0 amide bonds. The van der Waals surface area contributed by atoms with Gasteiger partial charge in [-0.1, -0.05) is 53.6 Å². The molecule has 0 bridgehead atoms. The summed E-state index contributed by atoms with van der Waals surface area (Å²) in [6.45, 7) is 4.61. The molecule has 2 heteroatoms. The van der Waals surface area contributed by atoms with Crippen LogP contribution in [-0.2, 0) is 11.8 Å². The number of aliphatic hydroxyl groups excluding tert-OH is 1. The Morgan fingerprint density at radius 2 is 1.81 bits per heavy atom. The van der Waals surface area contributed by atoms with E-state index < -0.39 is 6.10 Å². The van der Waals surface area contributed by atoms with Gasteiger partial charge in [0.2, 0.25) is 0 Å². The zero-order valence-corrected chi connectivity index (χ0v) is 12.8. The minimum atomic E-state index is -0.551. The molecule has 2 aromatic rings. The van der Waals surface area contributed by atoms with Crippen LogP contribution in [0.4, 0.5) is 0 Å². The largest absolute Gasteiger partial charge is 0.387 e. The molecule has 21 heavy (non-hydrogen) atoms. The van der Waals surface area contributed by atoms with Crippen molar-refractivity contribution >= 4 is 0 Å². The molecule has 0 saturated carbocycles. The second-order valence-corrected chi connectivity index (χ2v) is 6.34. The van der Waals surface area contributed by atoms with Gasteiger partial charge in [-0.25, -0.2) is 0 Å². The van der Waals surface area contributed by atoms with E-state index in [0.717, 1.165) is 18.4 Å². The number of rotatable bonds is 3. The molecular weight excluding hydrogens is 258 g/mol. The lowest BCUT2D eigenvalue weighted by atomic mass is 9.74. The molecule has 2 aromatic carbocycles. The third kappa shape index (κ3) is 2.29. The van der Waals surface area contributed by atoms with Crippen LogP contribution >= 0.6 is 0 Å². The summed E-state index contributed by atoms with van der Waals surface area (Å²) in [5.41, 5.74) is 11.7. The molecule has 0 saturated heterocycles. The van der Waals surface area contributed by atoms with Crippen LogP contribution in [0.2, 0.25) is 0 Å². The van der Waals surface area contributed by atoms with E-state index in [2.05, 4.69) is 50.2 Å². The zero-order valence-electron chi connectivity index (χ0n) is 12.8. The molecule has 2 atom stereocenters. The van der Waals surface area contributed by atoms with Crippen LogP contribution in [0, 0.1) is 13.8 Å². The van der Waals surface area contributed by atoms with Gasteiger partial charge in [0.05, 0.1) is 6.10 Å². The average molecular weight is 281 g/mol. The lowest BCUT2D eigenvalue weighted by molar-refractivity contribution is 0.0839. The smallest absolute Gasteiger partial charge is 0.0899 e. The molecule has 1 aliphatic carbocycles. The summed E-state index contributed by atoms with van der Waals surface area (Å²) < 4.78 is 0. The van der Waals surface area contributed by atoms with Gasteiger partial charge in [0.1, 0.15) is 0 Å². The number of hydrogen-bond donors (Lipinski definition) is 2. The summed E-state index contributed by atoms with van der Waals surface area (Å²) in [4.78, 5) is 0. The number of aryl methyl sites for hydroxylation is 3. The minimum Gasteiger partial charge on any atom is -0.387 e. The molecule has 2 unspecified atom stereocenters. The van der Waals surface area contributed by atoms with Crippen molar-refractivity contribution in [3.8, 4) is 0 Å². The van der Waals surface area contributed by atoms with E-state index in [-0.39, 0.29) is 5.41 Å². The quantitative estimate of drug-likeness (QED) is 0.907. The summed E-state index contributed by atoms with van der Waals surface area (Å²) >= 11 is 0. The Morgan fingerprint density at radius 3 is 2.48 bits per heavy atom. The van der Waals surface area contributed by atoms with Crippen LogP contribution in [0.15, 0.2) is 42.5 Å². The molecule has 0 aliphatic heterocycles. The SMILES string of the molecule is Cc1cc(C)cc(C(O)C2(CN)CCc3ccccc32)c1. The maximum Gasteiger partial charge on any atom is 0.0899 e. The standard InChI is InChI=1S/C19H23NO/c1-13-9-14(2)11-16(10-13)18(21)19(12-20)8-7-15-5-3-4-6-17(15)19/h3-6,9-11,18,21H,7-8,12,20H2,1-2H3. The van der Waals surface area contributed by atoms with E-state index in [1.807, 2.05) is 6.07 Å². The van der Waals surface area contributed by atoms with Gasteiger partial charge in [-0.15, -0.1) is 0 Å². The molecule has 3 rings (SSSR count). The Balaban J connectivity index is 2.08. The van der Waals surface area contributed by atoms with Crippen molar-refractivity contribution in [1.29, 1.82) is 0 Å². The van der Waals surface area contributed by atoms with Crippen molar-refractivity contribution in [2.24, 2.45) is 5.73 Å². The molecule has 3 N–H and O–H groups in total.